The fourth-order valence-electron chi connectivity index (χ4n) is 2.35. The zero-order chi connectivity index (χ0) is 16.7. The molecule has 0 aliphatic rings. The fraction of sp³-hybridized carbons (Fsp3) is 0.444. The first kappa shape index (κ1) is 17.4. The summed E-state index contributed by atoms with van der Waals surface area (Å²) in [6.45, 7) is 9.58. The lowest BCUT2D eigenvalue weighted by Crippen LogP contribution is -2.21. The number of ether oxygens (including phenoxy) is 1. The van der Waals surface area contributed by atoms with Gasteiger partial charge < -0.3 is 13.9 Å². The molecule has 1 aromatic carbocycles. The molecule has 2 rings (SSSR count). The van der Waals surface area contributed by atoms with Gasteiger partial charge in [0.15, 0.2) is 0 Å². The van der Waals surface area contributed by atoms with Gasteiger partial charge in [-0.1, -0.05) is 26.0 Å². The van der Waals surface area contributed by atoms with Gasteiger partial charge in [0.2, 0.25) is 5.89 Å². The van der Waals surface area contributed by atoms with Crippen LogP contribution in [0.1, 0.15) is 30.9 Å². The van der Waals surface area contributed by atoms with Crippen LogP contribution in [-0.4, -0.2) is 35.9 Å². The highest BCUT2D eigenvalue weighted by Crippen LogP contribution is 2.23. The minimum absolute atomic E-state index is 0.0711. The lowest BCUT2D eigenvalue weighted by molar-refractivity contribution is -0.112. The van der Waals surface area contributed by atoms with Crippen molar-refractivity contribution >= 4 is 6.29 Å². The Bertz CT molecular complexity index is 616. The highest BCUT2D eigenvalue weighted by Gasteiger charge is 2.11. The number of aromatic nitrogens is 1. The van der Waals surface area contributed by atoms with E-state index in [1.54, 1.807) is 0 Å². The summed E-state index contributed by atoms with van der Waals surface area (Å²) < 4.78 is 10.9. The second kappa shape index (κ2) is 8.60. The summed E-state index contributed by atoms with van der Waals surface area (Å²) in [4.78, 5) is 17.1. The number of hydrogen-bond donors (Lipinski definition) is 0. The molecule has 0 aliphatic carbocycles. The molecule has 0 atom stereocenters. The molecule has 0 spiro atoms. The van der Waals surface area contributed by atoms with Gasteiger partial charge in [-0.15, -0.1) is 0 Å². The van der Waals surface area contributed by atoms with Gasteiger partial charge in [-0.3, -0.25) is 4.90 Å². The number of benzene rings is 1. The molecule has 0 radical (unpaired) electrons. The van der Waals surface area contributed by atoms with Gasteiger partial charge in [0, 0.05) is 12.1 Å². The Labute approximate surface area is 137 Å². The van der Waals surface area contributed by atoms with Crippen LogP contribution in [-0.2, 0) is 22.7 Å². The van der Waals surface area contributed by atoms with Crippen LogP contribution in [0.15, 0.2) is 28.7 Å². The molecule has 0 unspecified atom stereocenters. The van der Waals surface area contributed by atoms with E-state index in [-0.39, 0.29) is 13.2 Å². The van der Waals surface area contributed by atoms with Crippen LogP contribution in [0.3, 0.4) is 0 Å². The van der Waals surface area contributed by atoms with Gasteiger partial charge in [-0.05, 0) is 37.7 Å². The lowest BCUT2D eigenvalue weighted by Gasteiger charge is -2.17. The van der Waals surface area contributed by atoms with E-state index in [0.717, 1.165) is 42.9 Å². The molecule has 0 aliphatic heterocycles. The molecular weight excluding hydrogens is 292 g/mol. The summed E-state index contributed by atoms with van der Waals surface area (Å²) in [5.74, 6) is 1.31. The third kappa shape index (κ3) is 4.74. The van der Waals surface area contributed by atoms with Crippen LogP contribution in [0, 0.1) is 6.92 Å². The van der Waals surface area contributed by atoms with E-state index in [4.69, 9.17) is 9.15 Å². The van der Waals surface area contributed by atoms with Crippen molar-refractivity contribution in [1.82, 2.24) is 9.88 Å². The van der Waals surface area contributed by atoms with Gasteiger partial charge in [0.25, 0.3) is 0 Å². The Kier molecular flexibility index (Phi) is 6.50. The van der Waals surface area contributed by atoms with Crippen molar-refractivity contribution in [2.24, 2.45) is 0 Å². The van der Waals surface area contributed by atoms with Gasteiger partial charge >= 0.3 is 0 Å². The maximum Gasteiger partial charge on any atom is 0.226 e. The van der Waals surface area contributed by atoms with E-state index >= 15 is 0 Å². The molecule has 23 heavy (non-hydrogen) atoms. The molecule has 0 fully saturated rings. The largest absolute Gasteiger partial charge is 0.441 e. The van der Waals surface area contributed by atoms with Crippen molar-refractivity contribution in [2.45, 2.75) is 33.9 Å². The maximum absolute atomic E-state index is 10.3. The standard InChI is InChI=1S/C18H24N2O3/c1-4-20(5-2)12-15-6-8-16(9-7-15)18-19-17(14(3)23-18)13-22-11-10-21/h6-10H,4-5,11-13H2,1-3H3. The normalized spacial score (nSPS) is 11.1. The smallest absolute Gasteiger partial charge is 0.226 e. The predicted molar refractivity (Wildman–Crippen MR) is 89.0 cm³/mol. The van der Waals surface area contributed by atoms with Crippen LogP contribution >= 0.6 is 0 Å². The Balaban J connectivity index is 2.07. The second-order valence-corrected chi connectivity index (χ2v) is 5.36. The van der Waals surface area contributed by atoms with Crippen molar-refractivity contribution in [3.8, 4) is 11.5 Å². The van der Waals surface area contributed by atoms with Crippen LogP contribution in [0.2, 0.25) is 0 Å². The van der Waals surface area contributed by atoms with E-state index < -0.39 is 0 Å². The summed E-state index contributed by atoms with van der Waals surface area (Å²) in [5, 5.41) is 0. The molecule has 124 valence electrons. The molecule has 0 bridgehead atoms. The third-order valence-electron chi connectivity index (χ3n) is 3.82. The van der Waals surface area contributed by atoms with E-state index in [0.29, 0.717) is 5.89 Å². The minimum Gasteiger partial charge on any atom is -0.441 e. The van der Waals surface area contributed by atoms with Crippen LogP contribution < -0.4 is 0 Å². The number of carbonyl (C=O) groups is 1. The molecule has 0 saturated carbocycles. The lowest BCUT2D eigenvalue weighted by atomic mass is 10.1. The zero-order valence-corrected chi connectivity index (χ0v) is 14.0. The van der Waals surface area contributed by atoms with E-state index in [1.165, 1.54) is 5.56 Å². The van der Waals surface area contributed by atoms with Crippen LogP contribution in [0.25, 0.3) is 11.5 Å². The van der Waals surface area contributed by atoms with Crippen molar-refractivity contribution in [1.29, 1.82) is 0 Å². The summed E-state index contributed by atoms with van der Waals surface area (Å²) >= 11 is 0. The number of aryl methyl sites for hydroxylation is 1. The molecule has 5 heteroatoms. The van der Waals surface area contributed by atoms with E-state index in [1.807, 2.05) is 19.1 Å². The van der Waals surface area contributed by atoms with Crippen molar-refractivity contribution in [3.05, 3.63) is 41.3 Å². The number of nitrogens with zero attached hydrogens (tertiary/aromatic N) is 2. The van der Waals surface area contributed by atoms with Crippen molar-refractivity contribution in [3.63, 3.8) is 0 Å². The fourth-order valence-corrected chi connectivity index (χ4v) is 2.35. The van der Waals surface area contributed by atoms with Crippen LogP contribution in [0.4, 0.5) is 0 Å². The molecular formula is C18H24N2O3. The average molecular weight is 316 g/mol. The van der Waals surface area contributed by atoms with Crippen LogP contribution in [0.5, 0.6) is 0 Å². The van der Waals surface area contributed by atoms with E-state index in [2.05, 4.69) is 35.9 Å². The van der Waals surface area contributed by atoms with Gasteiger partial charge in [0.1, 0.15) is 24.3 Å². The highest BCUT2D eigenvalue weighted by molar-refractivity contribution is 5.54. The summed E-state index contributed by atoms with van der Waals surface area (Å²) in [5.41, 5.74) is 2.95. The summed E-state index contributed by atoms with van der Waals surface area (Å²) in [6, 6.07) is 8.27. The highest BCUT2D eigenvalue weighted by atomic mass is 16.5. The Hall–Kier alpha value is -1.98. The molecule has 0 amide bonds. The van der Waals surface area contributed by atoms with Crippen molar-refractivity contribution < 1.29 is 13.9 Å². The number of rotatable bonds is 9. The van der Waals surface area contributed by atoms with Gasteiger partial charge in [-0.25, -0.2) is 4.98 Å². The Morgan fingerprint density at radius 3 is 2.52 bits per heavy atom. The molecule has 0 saturated heterocycles. The first-order chi connectivity index (χ1) is 11.2. The SMILES string of the molecule is CCN(CC)Cc1ccc(-c2nc(COCC=O)c(C)o2)cc1. The first-order valence-corrected chi connectivity index (χ1v) is 7.97. The van der Waals surface area contributed by atoms with Crippen molar-refractivity contribution in [2.75, 3.05) is 19.7 Å². The number of aldehydes is 1. The molecule has 5 nitrogen and oxygen atoms in total. The van der Waals surface area contributed by atoms with E-state index in [9.17, 15) is 4.79 Å². The average Bonchev–Trinajstić information content (AvgIpc) is 2.94. The topological polar surface area (TPSA) is 55.6 Å². The Morgan fingerprint density at radius 1 is 1.22 bits per heavy atom. The summed E-state index contributed by atoms with van der Waals surface area (Å²) in [6.07, 6.45) is 0.727. The molecule has 1 aromatic heterocycles. The molecule has 2 aromatic rings. The third-order valence-corrected chi connectivity index (χ3v) is 3.82. The first-order valence-electron chi connectivity index (χ1n) is 7.97. The Morgan fingerprint density at radius 2 is 1.91 bits per heavy atom. The zero-order valence-electron chi connectivity index (χ0n) is 14.0. The minimum atomic E-state index is 0.0711. The maximum atomic E-state index is 10.3. The molecule has 1 heterocycles. The predicted octanol–water partition coefficient (Wildman–Crippen LogP) is 3.21. The number of hydrogen-bond acceptors (Lipinski definition) is 5. The second-order valence-electron chi connectivity index (χ2n) is 5.36. The molecule has 0 N–H and O–H groups in total. The number of carbonyl (C=O) groups excluding carboxylic acids is 1. The summed E-state index contributed by atoms with van der Waals surface area (Å²) in [7, 11) is 0. The monoisotopic (exact) mass is 316 g/mol. The van der Waals surface area contributed by atoms with Gasteiger partial charge in [0.05, 0.1) is 6.61 Å². The number of oxazole rings is 1. The quantitative estimate of drug-likeness (QED) is 0.525. The van der Waals surface area contributed by atoms with Gasteiger partial charge in [-0.2, -0.15) is 0 Å².